The van der Waals surface area contributed by atoms with E-state index in [1.54, 1.807) is 0 Å². The molecule has 6 nitrogen and oxygen atoms in total. The van der Waals surface area contributed by atoms with Gasteiger partial charge in [-0.3, -0.25) is 9.59 Å². The average Bonchev–Trinajstić information content (AvgIpc) is 2.27. The summed E-state index contributed by atoms with van der Waals surface area (Å²) in [6.45, 7) is 4.17. The van der Waals surface area contributed by atoms with E-state index in [0.717, 1.165) is 13.1 Å². The predicted octanol–water partition coefficient (Wildman–Crippen LogP) is -1.24. The highest BCUT2D eigenvalue weighted by Crippen LogP contribution is 2.14. The summed E-state index contributed by atoms with van der Waals surface area (Å²) in [5, 5.41) is 8.70. The third-order valence-corrected chi connectivity index (χ3v) is 3.18. The number of carbonyl (C=O) groups excluding carboxylic acids is 2. The van der Waals surface area contributed by atoms with E-state index in [1.807, 2.05) is 6.92 Å². The normalized spacial score (nSPS) is 26.9. The molecule has 2 rings (SSSR count). The predicted molar refractivity (Wildman–Crippen MR) is 61.4 cm³/mol. The molecule has 1 atom stereocenters. The molecule has 0 bridgehead atoms. The van der Waals surface area contributed by atoms with Crippen LogP contribution in [-0.4, -0.2) is 49.7 Å². The first-order valence-electron chi connectivity index (χ1n) is 5.98. The third-order valence-electron chi connectivity index (χ3n) is 3.18. The molecule has 0 saturated carbocycles. The number of rotatable bonds is 4. The monoisotopic (exact) mass is 241 g/mol. The van der Waals surface area contributed by atoms with Crippen molar-refractivity contribution in [2.45, 2.75) is 31.4 Å². The van der Waals surface area contributed by atoms with Gasteiger partial charge >= 0.3 is 0 Å². The number of ether oxygens (including phenoxy) is 1. The molecule has 2 aliphatic rings. The average molecular weight is 241 g/mol. The van der Waals surface area contributed by atoms with Crippen LogP contribution >= 0.6 is 0 Å². The van der Waals surface area contributed by atoms with Crippen LogP contribution in [0.25, 0.3) is 0 Å². The van der Waals surface area contributed by atoms with Gasteiger partial charge in [-0.1, -0.05) is 0 Å². The first-order valence-corrected chi connectivity index (χ1v) is 5.98. The zero-order chi connectivity index (χ0) is 12.3. The fourth-order valence-corrected chi connectivity index (χ4v) is 1.94. The minimum atomic E-state index is -0.196. The van der Waals surface area contributed by atoms with Gasteiger partial charge < -0.3 is 20.7 Å². The van der Waals surface area contributed by atoms with Crippen molar-refractivity contribution < 1.29 is 14.3 Å². The van der Waals surface area contributed by atoms with E-state index in [9.17, 15) is 9.59 Å². The van der Waals surface area contributed by atoms with Gasteiger partial charge in [-0.2, -0.15) is 0 Å². The van der Waals surface area contributed by atoms with Gasteiger partial charge in [0.15, 0.2) is 0 Å². The molecule has 0 radical (unpaired) electrons. The SMILES string of the molecule is CC1(OCC(=O)NC2CCC(=O)NC2)CNC1. The van der Waals surface area contributed by atoms with Crippen molar-refractivity contribution in [2.24, 2.45) is 0 Å². The molecule has 96 valence electrons. The summed E-state index contributed by atoms with van der Waals surface area (Å²) in [6, 6.07) is 0.0381. The van der Waals surface area contributed by atoms with Crippen LogP contribution in [0.4, 0.5) is 0 Å². The molecule has 2 heterocycles. The molecule has 17 heavy (non-hydrogen) atoms. The summed E-state index contributed by atoms with van der Waals surface area (Å²) in [4.78, 5) is 22.6. The molecule has 2 aliphatic heterocycles. The van der Waals surface area contributed by atoms with Crippen LogP contribution in [0.15, 0.2) is 0 Å². The van der Waals surface area contributed by atoms with Crippen molar-refractivity contribution in [1.82, 2.24) is 16.0 Å². The highest BCUT2D eigenvalue weighted by Gasteiger charge is 2.33. The van der Waals surface area contributed by atoms with Crippen molar-refractivity contribution in [1.29, 1.82) is 0 Å². The molecule has 0 aromatic carbocycles. The van der Waals surface area contributed by atoms with E-state index >= 15 is 0 Å². The maximum atomic E-state index is 11.6. The molecule has 2 saturated heterocycles. The second-order valence-corrected chi connectivity index (χ2v) is 4.95. The zero-order valence-corrected chi connectivity index (χ0v) is 10.0. The first-order chi connectivity index (χ1) is 8.07. The van der Waals surface area contributed by atoms with Crippen molar-refractivity contribution in [2.75, 3.05) is 26.2 Å². The summed E-state index contributed by atoms with van der Waals surface area (Å²) in [7, 11) is 0. The molecule has 3 N–H and O–H groups in total. The number of hydrogen-bond donors (Lipinski definition) is 3. The van der Waals surface area contributed by atoms with Crippen molar-refractivity contribution in [3.05, 3.63) is 0 Å². The Bertz CT molecular complexity index is 305. The number of amides is 2. The quantitative estimate of drug-likeness (QED) is 0.575. The van der Waals surface area contributed by atoms with Gasteiger partial charge in [0.25, 0.3) is 0 Å². The molecule has 0 aromatic rings. The number of carbonyl (C=O) groups is 2. The second-order valence-electron chi connectivity index (χ2n) is 4.95. The lowest BCUT2D eigenvalue weighted by Gasteiger charge is -2.38. The van der Waals surface area contributed by atoms with Crippen LogP contribution in [0, 0.1) is 0 Å². The Morgan fingerprint density at radius 1 is 1.59 bits per heavy atom. The molecule has 0 aromatic heterocycles. The molecule has 1 unspecified atom stereocenters. The lowest BCUT2D eigenvalue weighted by atomic mass is 10.0. The lowest BCUT2D eigenvalue weighted by molar-refractivity contribution is -0.137. The molecule has 2 amide bonds. The van der Waals surface area contributed by atoms with E-state index in [0.29, 0.717) is 19.4 Å². The highest BCUT2D eigenvalue weighted by atomic mass is 16.5. The van der Waals surface area contributed by atoms with Gasteiger partial charge in [-0.15, -0.1) is 0 Å². The molecule has 2 fully saturated rings. The van der Waals surface area contributed by atoms with Crippen molar-refractivity contribution in [3.8, 4) is 0 Å². The van der Waals surface area contributed by atoms with Crippen LogP contribution in [0.1, 0.15) is 19.8 Å². The summed E-state index contributed by atoms with van der Waals surface area (Å²) >= 11 is 0. The number of piperidine rings is 1. The van der Waals surface area contributed by atoms with Gasteiger partial charge in [-0.05, 0) is 13.3 Å². The maximum absolute atomic E-state index is 11.6. The van der Waals surface area contributed by atoms with Gasteiger partial charge in [0.2, 0.25) is 11.8 Å². The van der Waals surface area contributed by atoms with Crippen LogP contribution in [0.5, 0.6) is 0 Å². The Morgan fingerprint density at radius 3 is 2.88 bits per heavy atom. The molecule has 0 aliphatic carbocycles. The summed E-state index contributed by atoms with van der Waals surface area (Å²) < 4.78 is 5.53. The maximum Gasteiger partial charge on any atom is 0.246 e. The van der Waals surface area contributed by atoms with Gasteiger partial charge in [0.05, 0.1) is 5.60 Å². The van der Waals surface area contributed by atoms with Crippen LogP contribution in [0.2, 0.25) is 0 Å². The molecular weight excluding hydrogens is 222 g/mol. The topological polar surface area (TPSA) is 79.5 Å². The van der Waals surface area contributed by atoms with E-state index in [1.165, 1.54) is 0 Å². The minimum absolute atomic E-state index is 0.0381. The van der Waals surface area contributed by atoms with Gasteiger partial charge in [0.1, 0.15) is 6.61 Å². The van der Waals surface area contributed by atoms with Crippen LogP contribution in [0.3, 0.4) is 0 Å². The Kier molecular flexibility index (Phi) is 3.63. The standard InChI is InChI=1S/C11H19N3O3/c1-11(6-12-7-11)17-5-10(16)14-8-2-3-9(15)13-4-8/h8,12H,2-7H2,1H3,(H,13,15)(H,14,16). The fraction of sp³-hybridized carbons (Fsp3) is 0.818. The molecule has 0 spiro atoms. The minimum Gasteiger partial charge on any atom is -0.363 e. The summed E-state index contributed by atoms with van der Waals surface area (Å²) in [5.41, 5.74) is -0.196. The van der Waals surface area contributed by atoms with Crippen LogP contribution < -0.4 is 16.0 Å². The largest absolute Gasteiger partial charge is 0.363 e. The van der Waals surface area contributed by atoms with E-state index in [2.05, 4.69) is 16.0 Å². The Balaban J connectivity index is 1.65. The smallest absolute Gasteiger partial charge is 0.246 e. The van der Waals surface area contributed by atoms with E-state index in [-0.39, 0.29) is 30.1 Å². The number of hydrogen-bond acceptors (Lipinski definition) is 4. The molecule has 6 heteroatoms. The Morgan fingerprint density at radius 2 is 2.35 bits per heavy atom. The first kappa shape index (κ1) is 12.3. The van der Waals surface area contributed by atoms with Gasteiger partial charge in [0, 0.05) is 32.1 Å². The van der Waals surface area contributed by atoms with E-state index in [4.69, 9.17) is 4.74 Å². The second kappa shape index (κ2) is 5.01. The Hall–Kier alpha value is -1.14. The highest BCUT2D eigenvalue weighted by molar-refractivity contribution is 5.79. The van der Waals surface area contributed by atoms with Crippen LogP contribution in [-0.2, 0) is 14.3 Å². The Labute approximate surface area is 100 Å². The van der Waals surface area contributed by atoms with E-state index < -0.39 is 0 Å². The van der Waals surface area contributed by atoms with Gasteiger partial charge in [-0.25, -0.2) is 0 Å². The molecular formula is C11H19N3O3. The zero-order valence-electron chi connectivity index (χ0n) is 10.0. The number of nitrogens with one attached hydrogen (secondary N) is 3. The lowest BCUT2D eigenvalue weighted by Crippen LogP contribution is -2.60. The summed E-state index contributed by atoms with van der Waals surface area (Å²) in [5.74, 6) is -0.0564. The fourth-order valence-electron chi connectivity index (χ4n) is 1.94. The summed E-state index contributed by atoms with van der Waals surface area (Å²) in [6.07, 6.45) is 1.18. The van der Waals surface area contributed by atoms with Crippen molar-refractivity contribution >= 4 is 11.8 Å². The van der Waals surface area contributed by atoms with Crippen molar-refractivity contribution in [3.63, 3.8) is 0 Å². The third kappa shape index (κ3) is 3.41.